The summed E-state index contributed by atoms with van der Waals surface area (Å²) in [5.74, 6) is 0.914. The number of hydrogen-bond donors (Lipinski definition) is 1. The fourth-order valence-electron chi connectivity index (χ4n) is 2.73. The summed E-state index contributed by atoms with van der Waals surface area (Å²) < 4.78 is 48.3. The van der Waals surface area contributed by atoms with Crippen molar-refractivity contribution in [1.29, 1.82) is 0 Å². The van der Waals surface area contributed by atoms with Crippen LogP contribution in [0.15, 0.2) is 36.4 Å². The number of benzene rings is 2. The molecule has 8 heteroatoms. The van der Waals surface area contributed by atoms with E-state index in [0.29, 0.717) is 23.7 Å². The minimum absolute atomic E-state index is 0.0782. The smallest absolute Gasteiger partial charge is 0.416 e. The molecule has 1 amide bonds. The molecule has 0 spiro atoms. The van der Waals surface area contributed by atoms with Gasteiger partial charge in [-0.05, 0) is 61.5 Å². The first-order valence-corrected chi connectivity index (χ1v) is 8.51. The predicted octanol–water partition coefficient (Wildman–Crippen LogP) is 4.10. The fourth-order valence-corrected chi connectivity index (χ4v) is 2.73. The van der Waals surface area contributed by atoms with Crippen LogP contribution in [0.2, 0.25) is 0 Å². The highest BCUT2D eigenvalue weighted by molar-refractivity contribution is 5.92. The molecule has 0 aliphatic rings. The fraction of sp³-hybridized carbons (Fsp3) is 0.350. The van der Waals surface area contributed by atoms with E-state index in [1.165, 1.54) is 12.1 Å². The van der Waals surface area contributed by atoms with E-state index in [0.717, 1.165) is 23.3 Å². The summed E-state index contributed by atoms with van der Waals surface area (Å²) in [6.07, 6.45) is -4.40. The summed E-state index contributed by atoms with van der Waals surface area (Å²) >= 11 is 0. The Morgan fingerprint density at radius 3 is 2.18 bits per heavy atom. The number of nitrogens with one attached hydrogen (secondary N) is 1. The first-order valence-electron chi connectivity index (χ1n) is 8.51. The van der Waals surface area contributed by atoms with Crippen LogP contribution in [0.5, 0.6) is 11.5 Å². The normalized spacial score (nSPS) is 11.4. The molecule has 152 valence electrons. The molecule has 0 aromatic heterocycles. The lowest BCUT2D eigenvalue weighted by Gasteiger charge is -2.19. The van der Waals surface area contributed by atoms with Crippen molar-refractivity contribution in [2.45, 2.75) is 19.6 Å². The second-order valence-electron chi connectivity index (χ2n) is 6.43. The van der Waals surface area contributed by atoms with Gasteiger partial charge in [0.15, 0.2) is 11.5 Å². The quantitative estimate of drug-likeness (QED) is 0.766. The van der Waals surface area contributed by atoms with Crippen molar-refractivity contribution in [3.8, 4) is 11.5 Å². The highest BCUT2D eigenvalue weighted by atomic mass is 19.4. The van der Waals surface area contributed by atoms with Gasteiger partial charge < -0.3 is 14.8 Å². The summed E-state index contributed by atoms with van der Waals surface area (Å²) in [4.78, 5) is 14.0. The second kappa shape index (κ2) is 8.97. The zero-order chi connectivity index (χ0) is 20.9. The van der Waals surface area contributed by atoms with Crippen LogP contribution in [0.3, 0.4) is 0 Å². The van der Waals surface area contributed by atoms with Crippen LogP contribution in [0.4, 0.5) is 18.9 Å². The van der Waals surface area contributed by atoms with Crippen molar-refractivity contribution >= 4 is 11.6 Å². The largest absolute Gasteiger partial charge is 0.493 e. The Morgan fingerprint density at radius 2 is 1.64 bits per heavy atom. The van der Waals surface area contributed by atoms with E-state index in [1.54, 1.807) is 26.2 Å². The van der Waals surface area contributed by atoms with Gasteiger partial charge in [0, 0.05) is 12.2 Å². The highest BCUT2D eigenvalue weighted by Crippen LogP contribution is 2.31. The van der Waals surface area contributed by atoms with Crippen LogP contribution in [0.25, 0.3) is 0 Å². The average molecular weight is 396 g/mol. The summed E-state index contributed by atoms with van der Waals surface area (Å²) in [5.41, 5.74) is 1.52. The van der Waals surface area contributed by atoms with Gasteiger partial charge in [0.1, 0.15) is 0 Å². The third kappa shape index (κ3) is 5.63. The Kier molecular flexibility index (Phi) is 6.90. The molecule has 0 atom stereocenters. The van der Waals surface area contributed by atoms with Gasteiger partial charge in [-0.2, -0.15) is 13.2 Å². The average Bonchev–Trinajstić information content (AvgIpc) is 2.62. The van der Waals surface area contributed by atoms with Gasteiger partial charge in [-0.1, -0.05) is 0 Å². The van der Waals surface area contributed by atoms with Crippen molar-refractivity contribution in [2.24, 2.45) is 0 Å². The molecule has 0 unspecified atom stereocenters. The zero-order valence-corrected chi connectivity index (χ0v) is 16.2. The van der Waals surface area contributed by atoms with Crippen molar-refractivity contribution in [3.05, 3.63) is 53.1 Å². The molecule has 0 radical (unpaired) electrons. The van der Waals surface area contributed by atoms with Gasteiger partial charge in [-0.3, -0.25) is 9.69 Å². The maximum Gasteiger partial charge on any atom is 0.416 e. The maximum absolute atomic E-state index is 12.6. The molecule has 0 aliphatic heterocycles. The van der Waals surface area contributed by atoms with Gasteiger partial charge in [0.05, 0.1) is 26.3 Å². The molecule has 28 heavy (non-hydrogen) atoms. The Bertz CT molecular complexity index is 821. The first-order chi connectivity index (χ1) is 13.1. The van der Waals surface area contributed by atoms with Crippen LogP contribution < -0.4 is 14.8 Å². The molecule has 0 aliphatic carbocycles. The summed E-state index contributed by atoms with van der Waals surface area (Å²) in [7, 11) is 4.90. The number of nitrogens with zero attached hydrogens (tertiary/aromatic N) is 1. The number of aryl methyl sites for hydroxylation is 1. The van der Waals surface area contributed by atoms with Crippen LogP contribution in [-0.2, 0) is 17.5 Å². The second-order valence-corrected chi connectivity index (χ2v) is 6.43. The Morgan fingerprint density at radius 1 is 1.07 bits per heavy atom. The number of alkyl halides is 3. The number of rotatable bonds is 7. The Hall–Kier alpha value is -2.74. The summed E-state index contributed by atoms with van der Waals surface area (Å²) in [5, 5.41) is 2.60. The molecule has 1 N–H and O–H groups in total. The minimum atomic E-state index is -4.40. The van der Waals surface area contributed by atoms with Gasteiger partial charge in [0.2, 0.25) is 5.91 Å². The van der Waals surface area contributed by atoms with Crippen LogP contribution in [0, 0.1) is 6.92 Å². The van der Waals surface area contributed by atoms with E-state index >= 15 is 0 Å². The molecule has 0 saturated carbocycles. The standard InChI is InChI=1S/C20H23F3N2O3/c1-13-9-17(27-3)18(28-4)10-14(13)11-25(2)12-19(26)24-16-7-5-15(6-8-16)20(21,22)23/h5-10H,11-12H2,1-4H3,(H,24,26). The van der Waals surface area contributed by atoms with Gasteiger partial charge in [-0.15, -0.1) is 0 Å². The molecule has 2 rings (SSSR count). The number of ether oxygens (including phenoxy) is 2. The zero-order valence-electron chi connectivity index (χ0n) is 16.2. The number of hydrogen-bond acceptors (Lipinski definition) is 4. The third-order valence-corrected chi connectivity index (χ3v) is 4.19. The van der Waals surface area contributed by atoms with E-state index in [1.807, 2.05) is 19.1 Å². The Balaban J connectivity index is 1.97. The lowest BCUT2D eigenvalue weighted by Crippen LogP contribution is -2.30. The Labute approximate surface area is 162 Å². The summed E-state index contributed by atoms with van der Waals surface area (Å²) in [6.45, 7) is 2.51. The number of amides is 1. The SMILES string of the molecule is COc1cc(C)c(CN(C)CC(=O)Nc2ccc(C(F)(F)F)cc2)cc1OC. The van der Waals surface area contributed by atoms with E-state index < -0.39 is 11.7 Å². The van der Waals surface area contributed by atoms with Crippen molar-refractivity contribution < 1.29 is 27.4 Å². The minimum Gasteiger partial charge on any atom is -0.493 e. The van der Waals surface area contributed by atoms with Crippen molar-refractivity contribution in [2.75, 3.05) is 33.1 Å². The number of methoxy groups -OCH3 is 2. The molecule has 0 saturated heterocycles. The number of likely N-dealkylation sites (N-methyl/N-ethyl adjacent to an activating group) is 1. The lowest BCUT2D eigenvalue weighted by molar-refractivity contribution is -0.137. The number of carbonyl (C=O) groups is 1. The molecule has 5 nitrogen and oxygen atoms in total. The molecule has 0 fully saturated rings. The number of anilines is 1. The highest BCUT2D eigenvalue weighted by Gasteiger charge is 2.30. The van der Waals surface area contributed by atoms with Crippen molar-refractivity contribution in [3.63, 3.8) is 0 Å². The number of carbonyl (C=O) groups excluding carboxylic acids is 1. The molecular formula is C20H23F3N2O3. The van der Waals surface area contributed by atoms with E-state index in [-0.39, 0.29) is 12.5 Å². The van der Waals surface area contributed by atoms with Gasteiger partial charge in [-0.25, -0.2) is 0 Å². The van der Waals surface area contributed by atoms with Gasteiger partial charge >= 0.3 is 6.18 Å². The van der Waals surface area contributed by atoms with Crippen LogP contribution in [-0.4, -0.2) is 38.6 Å². The van der Waals surface area contributed by atoms with Gasteiger partial charge in [0.25, 0.3) is 0 Å². The third-order valence-electron chi connectivity index (χ3n) is 4.19. The van der Waals surface area contributed by atoms with Crippen LogP contribution >= 0.6 is 0 Å². The molecule has 2 aromatic carbocycles. The molecule has 0 heterocycles. The maximum atomic E-state index is 12.6. The lowest BCUT2D eigenvalue weighted by atomic mass is 10.1. The van der Waals surface area contributed by atoms with E-state index in [9.17, 15) is 18.0 Å². The molecular weight excluding hydrogens is 373 g/mol. The van der Waals surface area contributed by atoms with Crippen LogP contribution in [0.1, 0.15) is 16.7 Å². The van der Waals surface area contributed by atoms with Crippen molar-refractivity contribution in [1.82, 2.24) is 4.90 Å². The molecule has 0 bridgehead atoms. The predicted molar refractivity (Wildman–Crippen MR) is 101 cm³/mol. The monoisotopic (exact) mass is 396 g/mol. The molecule has 2 aromatic rings. The van der Waals surface area contributed by atoms with E-state index in [4.69, 9.17) is 9.47 Å². The number of halogens is 3. The van der Waals surface area contributed by atoms with E-state index in [2.05, 4.69) is 5.32 Å². The summed E-state index contributed by atoms with van der Waals surface area (Å²) in [6, 6.07) is 8.07. The topological polar surface area (TPSA) is 50.8 Å². The first kappa shape index (κ1) is 21.6.